The van der Waals surface area contributed by atoms with Crippen LogP contribution in [0.5, 0.6) is 0 Å². The second-order valence-electron chi connectivity index (χ2n) is 5.02. The van der Waals surface area contributed by atoms with Crippen LogP contribution in [0.25, 0.3) is 0 Å². The highest BCUT2D eigenvalue weighted by Gasteiger charge is 2.39. The predicted octanol–water partition coefficient (Wildman–Crippen LogP) is 2.97. The number of benzene rings is 1. The molecule has 1 aromatic rings. The molecule has 2 N–H and O–H groups in total. The number of hydrogen-bond acceptors (Lipinski definition) is 3. The van der Waals surface area contributed by atoms with Gasteiger partial charge in [-0.25, -0.2) is 4.79 Å². The van der Waals surface area contributed by atoms with Gasteiger partial charge in [-0.3, -0.25) is 5.32 Å². The van der Waals surface area contributed by atoms with Crippen molar-refractivity contribution in [2.75, 3.05) is 18.1 Å². The number of carboxylic acids is 1. The molecule has 1 aromatic carbocycles. The van der Waals surface area contributed by atoms with Gasteiger partial charge in [-0.15, -0.1) is 0 Å². The summed E-state index contributed by atoms with van der Waals surface area (Å²) in [5, 5.41) is 12.9. The summed E-state index contributed by atoms with van der Waals surface area (Å²) in [6.45, 7) is 6.85. The number of carbonyl (C=O) groups is 1. The lowest BCUT2D eigenvalue weighted by Crippen LogP contribution is -2.51. The third-order valence-electron chi connectivity index (χ3n) is 2.88. The Morgan fingerprint density at radius 3 is 2.47 bits per heavy atom. The maximum absolute atomic E-state index is 11.8. The molecule has 19 heavy (non-hydrogen) atoms. The van der Waals surface area contributed by atoms with Gasteiger partial charge in [0.1, 0.15) is 0 Å². The van der Waals surface area contributed by atoms with E-state index in [2.05, 4.69) is 19.2 Å². The van der Waals surface area contributed by atoms with Crippen LogP contribution >= 0.6 is 11.8 Å². The Kier molecular flexibility index (Phi) is 6.38. The van der Waals surface area contributed by atoms with Crippen molar-refractivity contribution in [1.82, 2.24) is 5.32 Å². The first-order chi connectivity index (χ1) is 9.03. The third kappa shape index (κ3) is 4.25. The predicted molar refractivity (Wildman–Crippen MR) is 81.6 cm³/mol. The lowest BCUT2D eigenvalue weighted by atomic mass is 9.92. The van der Waals surface area contributed by atoms with Crippen molar-refractivity contribution in [3.63, 3.8) is 0 Å². The molecular formula is C15H23NO2S. The Bertz CT molecular complexity index is 394. The fraction of sp³-hybridized carbons (Fsp3) is 0.533. The molecule has 0 bridgehead atoms. The minimum atomic E-state index is -0.991. The molecule has 0 fully saturated rings. The van der Waals surface area contributed by atoms with Crippen LogP contribution in [-0.2, 0) is 10.3 Å². The Labute approximate surface area is 119 Å². The van der Waals surface area contributed by atoms with E-state index in [1.807, 2.05) is 37.3 Å². The van der Waals surface area contributed by atoms with Crippen molar-refractivity contribution in [3.8, 4) is 0 Å². The molecule has 1 atom stereocenters. The summed E-state index contributed by atoms with van der Waals surface area (Å²) in [6.07, 6.45) is 0. The molecule has 0 aliphatic carbocycles. The molecule has 0 aromatic heterocycles. The summed E-state index contributed by atoms with van der Waals surface area (Å²) in [5.41, 5.74) is -0.171. The smallest absolute Gasteiger partial charge is 0.329 e. The number of nitrogens with one attached hydrogen (secondary N) is 1. The van der Waals surface area contributed by atoms with E-state index >= 15 is 0 Å². The van der Waals surface area contributed by atoms with E-state index in [0.717, 1.165) is 11.3 Å². The van der Waals surface area contributed by atoms with E-state index in [4.69, 9.17) is 0 Å². The number of hydrogen-bond donors (Lipinski definition) is 2. The molecule has 0 saturated heterocycles. The maximum atomic E-state index is 11.8. The lowest BCUT2D eigenvalue weighted by Gasteiger charge is -2.31. The highest BCUT2D eigenvalue weighted by molar-refractivity contribution is 7.99. The van der Waals surface area contributed by atoms with E-state index in [1.54, 1.807) is 11.8 Å². The normalized spacial score (nSPS) is 14.3. The van der Waals surface area contributed by atoms with Gasteiger partial charge in [0.2, 0.25) is 0 Å². The van der Waals surface area contributed by atoms with Crippen LogP contribution in [0.15, 0.2) is 30.3 Å². The second-order valence-corrected chi connectivity index (χ2v) is 6.05. The van der Waals surface area contributed by atoms with Gasteiger partial charge in [0.25, 0.3) is 0 Å². The van der Waals surface area contributed by atoms with Crippen molar-refractivity contribution in [2.45, 2.75) is 26.3 Å². The molecule has 0 aliphatic heterocycles. The quantitative estimate of drug-likeness (QED) is 0.769. The van der Waals surface area contributed by atoms with Crippen molar-refractivity contribution in [2.24, 2.45) is 5.92 Å². The molecule has 1 unspecified atom stereocenters. The number of likely N-dealkylation sites (N-methyl/N-ethyl adjacent to an activating group) is 1. The Morgan fingerprint density at radius 2 is 2.00 bits per heavy atom. The van der Waals surface area contributed by atoms with E-state index in [0.29, 0.717) is 18.2 Å². The third-order valence-corrected chi connectivity index (χ3v) is 4.42. The summed E-state index contributed by atoms with van der Waals surface area (Å²) >= 11 is 1.69. The van der Waals surface area contributed by atoms with Crippen LogP contribution < -0.4 is 5.32 Å². The summed E-state index contributed by atoms with van der Waals surface area (Å²) < 4.78 is 0. The molecule has 1 rings (SSSR count). The highest BCUT2D eigenvalue weighted by Crippen LogP contribution is 2.27. The first kappa shape index (κ1) is 16.1. The van der Waals surface area contributed by atoms with E-state index < -0.39 is 11.5 Å². The Morgan fingerprint density at radius 1 is 1.37 bits per heavy atom. The molecule has 0 spiro atoms. The van der Waals surface area contributed by atoms with Crippen LogP contribution in [0.3, 0.4) is 0 Å². The Hall–Kier alpha value is -1.00. The minimum Gasteiger partial charge on any atom is -0.480 e. The van der Waals surface area contributed by atoms with Crippen molar-refractivity contribution >= 4 is 17.7 Å². The zero-order chi connectivity index (χ0) is 14.3. The SMILES string of the molecule is CCNC(CSCC(C)C)(C(=O)O)c1ccccc1. The zero-order valence-corrected chi connectivity index (χ0v) is 12.7. The van der Waals surface area contributed by atoms with E-state index in [9.17, 15) is 9.90 Å². The average molecular weight is 281 g/mol. The van der Waals surface area contributed by atoms with Crippen LogP contribution in [-0.4, -0.2) is 29.1 Å². The van der Waals surface area contributed by atoms with Gasteiger partial charge in [0.15, 0.2) is 5.54 Å². The van der Waals surface area contributed by atoms with E-state index in [1.165, 1.54) is 0 Å². The molecule has 0 amide bonds. The van der Waals surface area contributed by atoms with Gasteiger partial charge in [-0.05, 0) is 23.8 Å². The standard InChI is InChI=1S/C15H23NO2S/c1-4-16-15(14(17)18,11-19-10-12(2)3)13-8-6-5-7-9-13/h5-9,12,16H,4,10-11H2,1-3H3,(H,17,18). The summed E-state index contributed by atoms with van der Waals surface area (Å²) in [5.74, 6) is 1.26. The molecular weight excluding hydrogens is 258 g/mol. The summed E-state index contributed by atoms with van der Waals surface area (Å²) in [6, 6.07) is 9.44. The summed E-state index contributed by atoms with van der Waals surface area (Å²) in [7, 11) is 0. The second kappa shape index (κ2) is 7.56. The Balaban J connectivity index is 2.97. The van der Waals surface area contributed by atoms with Gasteiger partial charge in [0, 0.05) is 5.75 Å². The van der Waals surface area contributed by atoms with Crippen LogP contribution in [0.4, 0.5) is 0 Å². The van der Waals surface area contributed by atoms with Gasteiger partial charge in [-0.2, -0.15) is 11.8 Å². The van der Waals surface area contributed by atoms with Gasteiger partial charge in [-0.1, -0.05) is 51.1 Å². The molecule has 4 heteroatoms. The van der Waals surface area contributed by atoms with Crippen LogP contribution in [0, 0.1) is 5.92 Å². The molecule has 0 aliphatic rings. The topological polar surface area (TPSA) is 49.3 Å². The van der Waals surface area contributed by atoms with E-state index in [-0.39, 0.29) is 0 Å². The number of carboxylic acid groups (broad SMARTS) is 1. The monoisotopic (exact) mass is 281 g/mol. The fourth-order valence-electron chi connectivity index (χ4n) is 1.97. The first-order valence-corrected chi connectivity index (χ1v) is 7.80. The highest BCUT2D eigenvalue weighted by atomic mass is 32.2. The minimum absolute atomic E-state index is 0.540. The fourth-order valence-corrected chi connectivity index (χ4v) is 3.26. The van der Waals surface area contributed by atoms with Crippen LogP contribution in [0.2, 0.25) is 0 Å². The van der Waals surface area contributed by atoms with Crippen LogP contribution in [0.1, 0.15) is 26.3 Å². The first-order valence-electron chi connectivity index (χ1n) is 6.64. The maximum Gasteiger partial charge on any atom is 0.329 e. The molecule has 3 nitrogen and oxygen atoms in total. The number of aliphatic carboxylic acids is 1. The van der Waals surface area contributed by atoms with Gasteiger partial charge >= 0.3 is 5.97 Å². The van der Waals surface area contributed by atoms with Gasteiger partial charge < -0.3 is 5.11 Å². The molecule has 0 saturated carbocycles. The van der Waals surface area contributed by atoms with Gasteiger partial charge in [0.05, 0.1) is 0 Å². The average Bonchev–Trinajstić information content (AvgIpc) is 2.38. The van der Waals surface area contributed by atoms with Crippen molar-refractivity contribution in [1.29, 1.82) is 0 Å². The number of thioether (sulfide) groups is 1. The summed E-state index contributed by atoms with van der Waals surface area (Å²) in [4.78, 5) is 11.8. The van der Waals surface area contributed by atoms with Crippen molar-refractivity contribution in [3.05, 3.63) is 35.9 Å². The molecule has 0 radical (unpaired) electrons. The molecule has 106 valence electrons. The molecule has 0 heterocycles. The largest absolute Gasteiger partial charge is 0.480 e. The number of rotatable bonds is 8. The van der Waals surface area contributed by atoms with Crippen molar-refractivity contribution < 1.29 is 9.90 Å². The lowest BCUT2D eigenvalue weighted by molar-refractivity contribution is -0.144. The zero-order valence-electron chi connectivity index (χ0n) is 11.8.